The molecule has 1 aliphatic rings. The van der Waals surface area contributed by atoms with E-state index in [0.29, 0.717) is 38.2 Å². The highest BCUT2D eigenvalue weighted by Gasteiger charge is 2.31. The van der Waals surface area contributed by atoms with Crippen LogP contribution in [-0.2, 0) is 20.7 Å². The van der Waals surface area contributed by atoms with Crippen LogP contribution < -0.4 is 10.1 Å². The third-order valence-corrected chi connectivity index (χ3v) is 5.25. The Morgan fingerprint density at radius 3 is 2.67 bits per heavy atom. The van der Waals surface area contributed by atoms with E-state index in [1.807, 2.05) is 29.2 Å². The van der Waals surface area contributed by atoms with Crippen LogP contribution in [0, 0.1) is 6.92 Å². The van der Waals surface area contributed by atoms with Gasteiger partial charge in [0.1, 0.15) is 24.2 Å². The van der Waals surface area contributed by atoms with E-state index in [1.165, 1.54) is 7.11 Å². The molecular weight excluding hydrogens is 388 g/mol. The average Bonchev–Trinajstić information content (AvgIpc) is 3.18. The number of rotatable bonds is 8. The first-order valence-electron chi connectivity index (χ1n) is 9.96. The van der Waals surface area contributed by atoms with Crippen molar-refractivity contribution in [3.05, 3.63) is 35.7 Å². The fraction of sp³-hybridized carbons (Fsp3) is 0.550. The SMILES string of the molecule is COCC(=O)NC1CCN(C(=O)[C@@H](Cc2cccc(OC)c2)n2nnnc2C)CC1. The standard InChI is InChI=1S/C20H28N6O4/c1-14-22-23-24-26(14)18(12-15-5-4-6-17(11-15)30-3)20(28)25-9-7-16(8-10-25)21-19(27)13-29-2/h4-6,11,16,18H,7-10,12-13H2,1-3H3,(H,21,27)/t18-/m1/s1. The van der Waals surface area contributed by atoms with E-state index in [1.54, 1.807) is 18.7 Å². The van der Waals surface area contributed by atoms with Gasteiger partial charge < -0.3 is 19.7 Å². The maximum atomic E-state index is 13.4. The summed E-state index contributed by atoms with van der Waals surface area (Å²) < 4.78 is 11.7. The number of tetrazole rings is 1. The Bertz CT molecular complexity index is 862. The number of likely N-dealkylation sites (tertiary alicyclic amines) is 1. The molecule has 10 heteroatoms. The molecule has 0 bridgehead atoms. The molecule has 10 nitrogen and oxygen atoms in total. The minimum atomic E-state index is -0.549. The van der Waals surface area contributed by atoms with Gasteiger partial charge >= 0.3 is 0 Å². The van der Waals surface area contributed by atoms with Crippen molar-refractivity contribution in [2.45, 2.75) is 38.3 Å². The molecule has 1 aromatic heterocycles. The van der Waals surface area contributed by atoms with Crippen LogP contribution >= 0.6 is 0 Å². The van der Waals surface area contributed by atoms with Crippen LogP contribution in [0.25, 0.3) is 0 Å². The number of aryl methyl sites for hydroxylation is 1. The van der Waals surface area contributed by atoms with Crippen LogP contribution in [0.3, 0.4) is 0 Å². The summed E-state index contributed by atoms with van der Waals surface area (Å²) in [5.41, 5.74) is 0.962. The Balaban J connectivity index is 1.70. The fourth-order valence-electron chi connectivity index (χ4n) is 3.68. The van der Waals surface area contributed by atoms with E-state index in [9.17, 15) is 9.59 Å². The molecule has 0 spiro atoms. The first-order valence-corrected chi connectivity index (χ1v) is 9.96. The molecule has 3 rings (SSSR count). The van der Waals surface area contributed by atoms with Gasteiger partial charge in [0.05, 0.1) is 7.11 Å². The molecule has 0 saturated carbocycles. The van der Waals surface area contributed by atoms with E-state index in [0.717, 1.165) is 11.3 Å². The van der Waals surface area contributed by atoms with Gasteiger partial charge in [-0.15, -0.1) is 5.10 Å². The van der Waals surface area contributed by atoms with Gasteiger partial charge in [0, 0.05) is 32.7 Å². The zero-order valence-electron chi connectivity index (χ0n) is 17.6. The molecule has 30 heavy (non-hydrogen) atoms. The number of ether oxygens (including phenoxy) is 2. The first kappa shape index (κ1) is 21.7. The van der Waals surface area contributed by atoms with Crippen molar-refractivity contribution in [1.29, 1.82) is 0 Å². The van der Waals surface area contributed by atoms with E-state index in [4.69, 9.17) is 9.47 Å². The number of piperidine rings is 1. The van der Waals surface area contributed by atoms with Crippen molar-refractivity contribution in [2.75, 3.05) is 33.9 Å². The quantitative estimate of drug-likeness (QED) is 0.668. The summed E-state index contributed by atoms with van der Waals surface area (Å²) in [6, 6.07) is 7.13. The topological polar surface area (TPSA) is 111 Å². The van der Waals surface area contributed by atoms with Gasteiger partial charge in [-0.05, 0) is 47.9 Å². The molecule has 1 N–H and O–H groups in total. The number of amides is 2. The zero-order valence-corrected chi connectivity index (χ0v) is 17.6. The molecular formula is C20H28N6O4. The average molecular weight is 416 g/mol. The van der Waals surface area contributed by atoms with E-state index < -0.39 is 6.04 Å². The Labute approximate surface area is 175 Å². The molecule has 0 unspecified atom stereocenters. The lowest BCUT2D eigenvalue weighted by Crippen LogP contribution is -2.49. The van der Waals surface area contributed by atoms with Crippen molar-refractivity contribution < 1.29 is 19.1 Å². The van der Waals surface area contributed by atoms with Crippen molar-refractivity contribution in [3.63, 3.8) is 0 Å². The van der Waals surface area contributed by atoms with E-state index >= 15 is 0 Å². The van der Waals surface area contributed by atoms with Crippen LogP contribution in [0.1, 0.15) is 30.3 Å². The van der Waals surface area contributed by atoms with Crippen molar-refractivity contribution in [2.24, 2.45) is 0 Å². The number of benzene rings is 1. The third-order valence-electron chi connectivity index (χ3n) is 5.25. The number of aromatic nitrogens is 4. The van der Waals surface area contributed by atoms with Gasteiger partial charge in [0.2, 0.25) is 11.8 Å². The normalized spacial score (nSPS) is 15.6. The molecule has 1 fully saturated rings. The number of methoxy groups -OCH3 is 2. The predicted octanol–water partition coefficient (Wildman–Crippen LogP) is 0.528. The predicted molar refractivity (Wildman–Crippen MR) is 108 cm³/mol. The first-order chi connectivity index (χ1) is 14.5. The third kappa shape index (κ3) is 5.32. The number of hydrogen-bond donors (Lipinski definition) is 1. The second kappa shape index (κ2) is 10.1. The Hall–Kier alpha value is -3.01. The lowest BCUT2D eigenvalue weighted by atomic mass is 10.0. The van der Waals surface area contributed by atoms with Crippen LogP contribution in [0.5, 0.6) is 5.75 Å². The molecule has 1 saturated heterocycles. The lowest BCUT2D eigenvalue weighted by molar-refractivity contribution is -0.136. The number of carbonyl (C=O) groups excluding carboxylic acids is 2. The van der Waals surface area contributed by atoms with Gasteiger partial charge in [-0.2, -0.15) is 0 Å². The van der Waals surface area contributed by atoms with Gasteiger partial charge in [0.25, 0.3) is 0 Å². The Morgan fingerprint density at radius 2 is 2.03 bits per heavy atom. The second-order valence-electron chi connectivity index (χ2n) is 7.34. The minimum absolute atomic E-state index is 0.0325. The van der Waals surface area contributed by atoms with Crippen molar-refractivity contribution in [3.8, 4) is 5.75 Å². The summed E-state index contributed by atoms with van der Waals surface area (Å²) in [7, 11) is 3.10. The van der Waals surface area contributed by atoms with E-state index in [-0.39, 0.29) is 24.5 Å². The zero-order chi connectivity index (χ0) is 21.5. The molecule has 162 valence electrons. The molecule has 2 amide bonds. The number of nitrogens with zero attached hydrogens (tertiary/aromatic N) is 5. The fourth-order valence-corrected chi connectivity index (χ4v) is 3.68. The van der Waals surface area contributed by atoms with Crippen molar-refractivity contribution in [1.82, 2.24) is 30.4 Å². The maximum Gasteiger partial charge on any atom is 0.247 e. The smallest absolute Gasteiger partial charge is 0.247 e. The highest BCUT2D eigenvalue weighted by Crippen LogP contribution is 2.23. The van der Waals surface area contributed by atoms with Gasteiger partial charge in [0.15, 0.2) is 0 Å². The van der Waals surface area contributed by atoms with Crippen molar-refractivity contribution >= 4 is 11.8 Å². The highest BCUT2D eigenvalue weighted by molar-refractivity contribution is 5.81. The largest absolute Gasteiger partial charge is 0.497 e. The molecule has 2 aromatic rings. The molecule has 1 aromatic carbocycles. The summed E-state index contributed by atoms with van der Waals surface area (Å²) in [5, 5.41) is 14.7. The number of hydrogen-bond acceptors (Lipinski definition) is 7. The lowest BCUT2D eigenvalue weighted by Gasteiger charge is -2.34. The van der Waals surface area contributed by atoms with Gasteiger partial charge in [-0.25, -0.2) is 4.68 Å². The van der Waals surface area contributed by atoms with Gasteiger partial charge in [-0.1, -0.05) is 12.1 Å². The summed E-state index contributed by atoms with van der Waals surface area (Å²) in [4.78, 5) is 27.0. The molecule has 1 atom stereocenters. The van der Waals surface area contributed by atoms with Crippen LogP contribution in [-0.4, -0.2) is 76.9 Å². The highest BCUT2D eigenvalue weighted by atomic mass is 16.5. The Kier molecular flexibility index (Phi) is 7.34. The summed E-state index contributed by atoms with van der Waals surface area (Å²) in [6.07, 6.45) is 1.84. The molecule has 2 heterocycles. The molecule has 0 aliphatic carbocycles. The molecule has 0 radical (unpaired) electrons. The Morgan fingerprint density at radius 1 is 1.27 bits per heavy atom. The van der Waals surface area contributed by atoms with Crippen LogP contribution in [0.2, 0.25) is 0 Å². The maximum absolute atomic E-state index is 13.4. The summed E-state index contributed by atoms with van der Waals surface area (Å²) in [6.45, 7) is 2.95. The second-order valence-corrected chi connectivity index (χ2v) is 7.34. The minimum Gasteiger partial charge on any atom is -0.497 e. The monoisotopic (exact) mass is 416 g/mol. The van der Waals surface area contributed by atoms with E-state index in [2.05, 4.69) is 20.8 Å². The summed E-state index contributed by atoms with van der Waals surface area (Å²) >= 11 is 0. The number of carbonyl (C=O) groups is 2. The van der Waals surface area contributed by atoms with Gasteiger partial charge in [-0.3, -0.25) is 9.59 Å². The number of nitrogens with one attached hydrogen (secondary N) is 1. The van der Waals surface area contributed by atoms with Crippen LogP contribution in [0.4, 0.5) is 0 Å². The molecule has 1 aliphatic heterocycles. The summed E-state index contributed by atoms with van der Waals surface area (Å²) in [5.74, 6) is 1.15. The van der Waals surface area contributed by atoms with Crippen LogP contribution in [0.15, 0.2) is 24.3 Å².